The molecule has 3 heterocycles. The molecule has 1 aliphatic rings. The highest BCUT2D eigenvalue weighted by Crippen LogP contribution is 2.22. The first-order valence-electron chi connectivity index (χ1n) is 9.81. The summed E-state index contributed by atoms with van der Waals surface area (Å²) in [6.07, 6.45) is 4.31. The van der Waals surface area contributed by atoms with Crippen LogP contribution in [-0.4, -0.2) is 52.1 Å². The maximum Gasteiger partial charge on any atom is 0.331 e. The Kier molecular flexibility index (Phi) is 6.39. The van der Waals surface area contributed by atoms with Crippen LogP contribution in [0.3, 0.4) is 0 Å². The van der Waals surface area contributed by atoms with Crippen LogP contribution in [-0.2, 0) is 19.1 Å². The standard InChI is InChI=1S/C21H26N4O5/c1-13-9-16(15(3)25(13)18-10-14(2)30-23-18)6-7-20(27)29-12-19(26)24-8-4-5-17(11-24)21(22)28/h6-7,9-10,17H,4-5,8,11-12H2,1-3H3,(H2,22,28)/b7-6+/t17-/m1/s1. The van der Waals surface area contributed by atoms with E-state index < -0.39 is 11.9 Å². The fraction of sp³-hybridized carbons (Fsp3) is 0.429. The van der Waals surface area contributed by atoms with Crippen molar-refractivity contribution in [3.8, 4) is 5.82 Å². The zero-order valence-corrected chi connectivity index (χ0v) is 17.4. The van der Waals surface area contributed by atoms with Crippen LogP contribution >= 0.6 is 0 Å². The number of rotatable bonds is 6. The van der Waals surface area contributed by atoms with Gasteiger partial charge >= 0.3 is 5.97 Å². The fourth-order valence-electron chi connectivity index (χ4n) is 3.63. The molecule has 0 bridgehead atoms. The molecule has 2 aromatic rings. The molecule has 9 nitrogen and oxygen atoms in total. The number of primary amides is 1. The zero-order chi connectivity index (χ0) is 21.8. The van der Waals surface area contributed by atoms with E-state index in [1.807, 2.05) is 37.5 Å². The zero-order valence-electron chi connectivity index (χ0n) is 17.4. The molecule has 2 N–H and O–H groups in total. The van der Waals surface area contributed by atoms with E-state index in [0.717, 1.165) is 17.0 Å². The summed E-state index contributed by atoms with van der Waals surface area (Å²) >= 11 is 0. The quantitative estimate of drug-likeness (QED) is 0.567. The summed E-state index contributed by atoms with van der Waals surface area (Å²) in [6, 6.07) is 3.75. The second kappa shape index (κ2) is 8.98. The maximum absolute atomic E-state index is 12.3. The van der Waals surface area contributed by atoms with E-state index in [1.165, 1.54) is 11.0 Å². The van der Waals surface area contributed by atoms with Gasteiger partial charge in [-0.3, -0.25) is 14.2 Å². The maximum atomic E-state index is 12.3. The van der Waals surface area contributed by atoms with Gasteiger partial charge in [-0.05, 0) is 51.3 Å². The number of likely N-dealkylation sites (tertiary alicyclic amines) is 1. The molecular weight excluding hydrogens is 388 g/mol. The van der Waals surface area contributed by atoms with Gasteiger partial charge in [0.2, 0.25) is 5.91 Å². The van der Waals surface area contributed by atoms with Gasteiger partial charge in [-0.15, -0.1) is 0 Å². The van der Waals surface area contributed by atoms with Crippen molar-refractivity contribution in [1.82, 2.24) is 14.6 Å². The number of piperidine rings is 1. The second-order valence-electron chi connectivity index (χ2n) is 7.48. The molecule has 1 fully saturated rings. The summed E-state index contributed by atoms with van der Waals surface area (Å²) in [5.41, 5.74) is 8.00. The number of carbonyl (C=O) groups is 3. The molecule has 0 spiro atoms. The summed E-state index contributed by atoms with van der Waals surface area (Å²) in [5, 5.41) is 4.03. The Morgan fingerprint density at radius 1 is 1.30 bits per heavy atom. The predicted molar refractivity (Wildman–Crippen MR) is 109 cm³/mol. The van der Waals surface area contributed by atoms with Crippen molar-refractivity contribution in [3.05, 3.63) is 40.9 Å². The Labute approximate surface area is 174 Å². The van der Waals surface area contributed by atoms with Crippen LogP contribution in [0.1, 0.15) is 35.6 Å². The average Bonchev–Trinajstić information content (AvgIpc) is 3.26. The van der Waals surface area contributed by atoms with Crippen LogP contribution in [0, 0.1) is 26.7 Å². The first-order chi connectivity index (χ1) is 14.3. The molecule has 0 aromatic carbocycles. The number of aromatic nitrogens is 2. The number of esters is 1. The van der Waals surface area contributed by atoms with Crippen molar-refractivity contribution in [2.24, 2.45) is 11.7 Å². The number of nitrogens with zero attached hydrogens (tertiary/aromatic N) is 3. The number of amides is 2. The minimum Gasteiger partial charge on any atom is -0.452 e. The Balaban J connectivity index is 1.57. The van der Waals surface area contributed by atoms with Crippen LogP contribution in [0.5, 0.6) is 0 Å². The van der Waals surface area contributed by atoms with Gasteiger partial charge in [0.25, 0.3) is 5.91 Å². The lowest BCUT2D eigenvalue weighted by atomic mass is 9.97. The number of nitrogens with two attached hydrogens (primary N) is 1. The van der Waals surface area contributed by atoms with Gasteiger partial charge in [-0.25, -0.2) is 4.79 Å². The molecule has 9 heteroatoms. The monoisotopic (exact) mass is 414 g/mol. The number of hydrogen-bond acceptors (Lipinski definition) is 6. The lowest BCUT2D eigenvalue weighted by Gasteiger charge is -2.30. The van der Waals surface area contributed by atoms with Gasteiger partial charge in [0.1, 0.15) is 5.76 Å². The molecule has 3 rings (SSSR count). The van der Waals surface area contributed by atoms with E-state index in [1.54, 1.807) is 6.08 Å². The summed E-state index contributed by atoms with van der Waals surface area (Å²) in [6.45, 7) is 6.10. The number of hydrogen-bond donors (Lipinski definition) is 1. The summed E-state index contributed by atoms with van der Waals surface area (Å²) in [5.74, 6) is -0.325. The SMILES string of the molecule is Cc1cc(-n2c(C)cc(/C=C/C(=O)OCC(=O)N3CCC[C@@H](C(N)=O)C3)c2C)no1. The topological polar surface area (TPSA) is 121 Å². The third-order valence-electron chi connectivity index (χ3n) is 5.23. The van der Waals surface area contributed by atoms with Gasteiger partial charge in [-0.1, -0.05) is 5.16 Å². The number of aryl methyl sites for hydroxylation is 2. The molecule has 0 unspecified atom stereocenters. The van der Waals surface area contributed by atoms with E-state index >= 15 is 0 Å². The van der Waals surface area contributed by atoms with Gasteiger partial charge in [0.15, 0.2) is 12.4 Å². The van der Waals surface area contributed by atoms with Crippen molar-refractivity contribution >= 4 is 23.9 Å². The first-order valence-corrected chi connectivity index (χ1v) is 9.81. The van der Waals surface area contributed by atoms with Crippen LogP contribution in [0.4, 0.5) is 0 Å². The molecule has 160 valence electrons. The van der Waals surface area contributed by atoms with Gasteiger partial charge < -0.3 is 19.9 Å². The van der Waals surface area contributed by atoms with E-state index in [9.17, 15) is 14.4 Å². The molecule has 2 aromatic heterocycles. The smallest absolute Gasteiger partial charge is 0.331 e. The fourth-order valence-corrected chi connectivity index (χ4v) is 3.63. The minimum absolute atomic E-state index is 0.273. The Bertz CT molecular complexity index is 988. The molecule has 0 saturated carbocycles. The van der Waals surface area contributed by atoms with Crippen molar-refractivity contribution in [3.63, 3.8) is 0 Å². The highest BCUT2D eigenvalue weighted by Gasteiger charge is 2.27. The highest BCUT2D eigenvalue weighted by molar-refractivity contribution is 5.89. The van der Waals surface area contributed by atoms with Crippen LogP contribution in [0.25, 0.3) is 11.9 Å². The van der Waals surface area contributed by atoms with Crippen molar-refractivity contribution in [2.45, 2.75) is 33.6 Å². The Hall–Kier alpha value is -3.36. The molecule has 1 aliphatic heterocycles. The van der Waals surface area contributed by atoms with Crippen LogP contribution in [0.2, 0.25) is 0 Å². The molecule has 0 radical (unpaired) electrons. The van der Waals surface area contributed by atoms with Gasteiger partial charge in [-0.2, -0.15) is 0 Å². The Morgan fingerprint density at radius 3 is 2.73 bits per heavy atom. The first kappa shape index (κ1) is 21.4. The lowest BCUT2D eigenvalue weighted by Crippen LogP contribution is -2.45. The Morgan fingerprint density at radius 2 is 2.07 bits per heavy atom. The van der Waals surface area contributed by atoms with Crippen molar-refractivity contribution in [2.75, 3.05) is 19.7 Å². The van der Waals surface area contributed by atoms with Crippen LogP contribution in [0.15, 0.2) is 22.7 Å². The minimum atomic E-state index is -0.617. The number of carbonyl (C=O) groups excluding carboxylic acids is 3. The molecule has 0 aliphatic carbocycles. The lowest BCUT2D eigenvalue weighted by molar-refractivity contribution is -0.149. The molecule has 30 heavy (non-hydrogen) atoms. The molecular formula is C21H26N4O5. The predicted octanol–water partition coefficient (Wildman–Crippen LogP) is 1.67. The second-order valence-corrected chi connectivity index (χ2v) is 7.48. The summed E-state index contributed by atoms with van der Waals surface area (Å²) in [4.78, 5) is 37.2. The van der Waals surface area contributed by atoms with E-state index in [2.05, 4.69) is 5.16 Å². The van der Waals surface area contributed by atoms with Crippen molar-refractivity contribution in [1.29, 1.82) is 0 Å². The summed E-state index contributed by atoms with van der Waals surface area (Å²) < 4.78 is 12.1. The molecule has 1 saturated heterocycles. The van der Waals surface area contributed by atoms with Gasteiger partial charge in [0.05, 0.1) is 5.92 Å². The van der Waals surface area contributed by atoms with E-state index in [0.29, 0.717) is 31.0 Å². The van der Waals surface area contributed by atoms with Crippen LogP contribution < -0.4 is 5.73 Å². The highest BCUT2D eigenvalue weighted by atomic mass is 16.5. The number of ether oxygens (including phenoxy) is 1. The third kappa shape index (κ3) is 4.79. The van der Waals surface area contributed by atoms with Crippen molar-refractivity contribution < 1.29 is 23.6 Å². The third-order valence-corrected chi connectivity index (χ3v) is 5.23. The van der Waals surface area contributed by atoms with E-state index in [-0.39, 0.29) is 25.0 Å². The normalized spacial score (nSPS) is 16.8. The molecule has 2 amide bonds. The molecule has 1 atom stereocenters. The van der Waals surface area contributed by atoms with Gasteiger partial charge in [0, 0.05) is 36.6 Å². The average molecular weight is 414 g/mol. The summed E-state index contributed by atoms with van der Waals surface area (Å²) in [7, 11) is 0. The largest absolute Gasteiger partial charge is 0.452 e. The van der Waals surface area contributed by atoms with E-state index in [4.69, 9.17) is 15.0 Å².